The lowest BCUT2D eigenvalue weighted by Crippen LogP contribution is -2.48. The molecule has 1 aromatic carbocycles. The molecule has 3 rings (SSSR count). The molecule has 0 saturated carbocycles. The van der Waals surface area contributed by atoms with Crippen LogP contribution in [0, 0.1) is 0 Å². The Morgan fingerprint density at radius 2 is 1.91 bits per heavy atom. The summed E-state index contributed by atoms with van der Waals surface area (Å²) in [5, 5.41) is -0.0115. The molecule has 2 unspecified atom stereocenters. The molecule has 2 aromatic rings. The summed E-state index contributed by atoms with van der Waals surface area (Å²) in [6.45, 7) is 3.64. The highest BCUT2D eigenvalue weighted by Gasteiger charge is 2.34. The molecule has 2 heterocycles. The Balaban J connectivity index is 1.69. The fourth-order valence-electron chi connectivity index (χ4n) is 3.34. The number of nitrogens with zero attached hydrogens (tertiary/aromatic N) is 2. The number of hydrogen-bond donors (Lipinski definition) is 0. The van der Waals surface area contributed by atoms with Gasteiger partial charge in [0, 0.05) is 20.1 Å². The van der Waals surface area contributed by atoms with Gasteiger partial charge in [-0.15, -0.1) is 0 Å². The van der Waals surface area contributed by atoms with Gasteiger partial charge >= 0.3 is 5.97 Å². The van der Waals surface area contributed by atoms with Crippen molar-refractivity contribution >= 4 is 33.5 Å². The van der Waals surface area contributed by atoms with Crippen LogP contribution in [0.5, 0.6) is 0 Å². The highest BCUT2D eigenvalue weighted by molar-refractivity contribution is 7.89. The number of carbonyl (C=O) groups excluding carboxylic acids is 2. The first kappa shape index (κ1) is 24.2. The third-order valence-electron chi connectivity index (χ3n) is 4.90. The van der Waals surface area contributed by atoms with Crippen molar-refractivity contribution in [2.45, 2.75) is 37.5 Å². The summed E-state index contributed by atoms with van der Waals surface area (Å²) in [5.41, 5.74) is -0.0242. The van der Waals surface area contributed by atoms with Gasteiger partial charge in [0.25, 0.3) is 5.91 Å². The fraction of sp³-hybridized carbons (Fsp3) is 0.429. The minimum Gasteiger partial charge on any atom is -0.467 e. The summed E-state index contributed by atoms with van der Waals surface area (Å²) in [7, 11) is -2.41. The standard InChI is InChI=1S/C21H25ClN2O7S/c1-14-10-24(11-15(2)31-14)32(27,28)19-9-16(6-7-18(19)22)21(26)30-13-20(25)23(3)12-17-5-4-8-29-17/h4-9,14-15H,10-13H2,1-3H3. The largest absolute Gasteiger partial charge is 0.467 e. The number of carbonyl (C=O) groups is 2. The molecule has 174 valence electrons. The number of hydrogen-bond acceptors (Lipinski definition) is 7. The van der Waals surface area contributed by atoms with Gasteiger partial charge in [-0.2, -0.15) is 4.31 Å². The van der Waals surface area contributed by atoms with Crippen LogP contribution < -0.4 is 0 Å². The molecule has 1 aliphatic rings. The zero-order valence-corrected chi connectivity index (χ0v) is 19.6. The van der Waals surface area contributed by atoms with E-state index in [0.29, 0.717) is 5.76 Å². The molecule has 2 atom stereocenters. The number of esters is 1. The first-order valence-corrected chi connectivity index (χ1v) is 11.8. The predicted molar refractivity (Wildman–Crippen MR) is 116 cm³/mol. The van der Waals surface area contributed by atoms with Crippen molar-refractivity contribution in [3.8, 4) is 0 Å². The van der Waals surface area contributed by atoms with Crippen molar-refractivity contribution in [1.82, 2.24) is 9.21 Å². The van der Waals surface area contributed by atoms with Crippen LogP contribution in [0.15, 0.2) is 45.9 Å². The van der Waals surface area contributed by atoms with Gasteiger partial charge in [-0.25, -0.2) is 13.2 Å². The summed E-state index contributed by atoms with van der Waals surface area (Å²) in [4.78, 5) is 25.9. The van der Waals surface area contributed by atoms with E-state index in [1.807, 2.05) is 0 Å². The maximum absolute atomic E-state index is 13.1. The van der Waals surface area contributed by atoms with Crippen molar-refractivity contribution in [3.05, 3.63) is 52.9 Å². The lowest BCUT2D eigenvalue weighted by Gasteiger charge is -2.34. The molecule has 0 N–H and O–H groups in total. The normalized spacial score (nSPS) is 19.5. The zero-order chi connectivity index (χ0) is 23.5. The third kappa shape index (κ3) is 5.69. The van der Waals surface area contributed by atoms with Crippen LogP contribution in [0.4, 0.5) is 0 Å². The molecule has 0 bridgehead atoms. The summed E-state index contributed by atoms with van der Waals surface area (Å²) < 4.78 is 43.4. The van der Waals surface area contributed by atoms with Crippen LogP contribution in [-0.2, 0) is 30.8 Å². The highest BCUT2D eigenvalue weighted by atomic mass is 35.5. The Bertz CT molecular complexity index is 1060. The molecule has 1 aromatic heterocycles. The average Bonchev–Trinajstić information content (AvgIpc) is 3.24. The van der Waals surface area contributed by atoms with E-state index in [4.69, 9.17) is 25.5 Å². The van der Waals surface area contributed by atoms with Gasteiger partial charge in [-0.3, -0.25) is 4.79 Å². The molecule has 1 fully saturated rings. The Kier molecular flexibility index (Phi) is 7.60. The first-order chi connectivity index (χ1) is 15.1. The number of likely N-dealkylation sites (N-methyl/N-ethyl adjacent to an activating group) is 1. The number of halogens is 1. The van der Waals surface area contributed by atoms with E-state index >= 15 is 0 Å². The minimum atomic E-state index is -3.96. The lowest BCUT2D eigenvalue weighted by atomic mass is 10.2. The second-order valence-electron chi connectivity index (χ2n) is 7.63. The number of benzene rings is 1. The Morgan fingerprint density at radius 1 is 1.22 bits per heavy atom. The molecule has 0 aliphatic carbocycles. The molecule has 1 amide bonds. The van der Waals surface area contributed by atoms with Crippen molar-refractivity contribution in [1.29, 1.82) is 0 Å². The van der Waals surface area contributed by atoms with Gasteiger partial charge in [0.1, 0.15) is 10.7 Å². The molecule has 0 radical (unpaired) electrons. The molecule has 1 aliphatic heterocycles. The first-order valence-electron chi connectivity index (χ1n) is 9.96. The smallest absolute Gasteiger partial charge is 0.338 e. The quantitative estimate of drug-likeness (QED) is 0.556. The molecule has 11 heteroatoms. The molecule has 32 heavy (non-hydrogen) atoms. The number of furan rings is 1. The van der Waals surface area contributed by atoms with Crippen molar-refractivity contribution in [2.24, 2.45) is 0 Å². The number of rotatable bonds is 7. The molecule has 0 spiro atoms. The summed E-state index contributed by atoms with van der Waals surface area (Å²) in [5.74, 6) is -0.680. The maximum atomic E-state index is 13.1. The monoisotopic (exact) mass is 484 g/mol. The van der Waals surface area contributed by atoms with E-state index in [2.05, 4.69) is 0 Å². The summed E-state index contributed by atoms with van der Waals surface area (Å²) in [6, 6.07) is 7.27. The second-order valence-corrected chi connectivity index (χ2v) is 9.94. The number of morpholine rings is 1. The van der Waals surface area contributed by atoms with E-state index in [0.717, 1.165) is 0 Å². The zero-order valence-electron chi connectivity index (χ0n) is 18.0. The number of ether oxygens (including phenoxy) is 2. The summed E-state index contributed by atoms with van der Waals surface area (Å²) in [6.07, 6.45) is 0.951. The van der Waals surface area contributed by atoms with Crippen LogP contribution in [-0.4, -0.2) is 68.5 Å². The van der Waals surface area contributed by atoms with E-state index in [-0.39, 0.29) is 47.3 Å². The fourth-order valence-corrected chi connectivity index (χ4v) is 5.43. The van der Waals surface area contributed by atoms with Crippen LogP contribution in [0.1, 0.15) is 30.0 Å². The van der Waals surface area contributed by atoms with E-state index in [1.54, 1.807) is 33.0 Å². The Morgan fingerprint density at radius 3 is 2.53 bits per heavy atom. The van der Waals surface area contributed by atoms with Gasteiger partial charge in [0.05, 0.1) is 35.6 Å². The highest BCUT2D eigenvalue weighted by Crippen LogP contribution is 2.28. The van der Waals surface area contributed by atoms with Gasteiger partial charge in [-0.1, -0.05) is 11.6 Å². The maximum Gasteiger partial charge on any atom is 0.338 e. The van der Waals surface area contributed by atoms with E-state index in [9.17, 15) is 18.0 Å². The predicted octanol–water partition coefficient (Wildman–Crippen LogP) is 2.55. The van der Waals surface area contributed by atoms with Crippen LogP contribution >= 0.6 is 11.6 Å². The minimum absolute atomic E-state index is 0.0115. The van der Waals surface area contributed by atoms with Gasteiger partial charge in [0.15, 0.2) is 6.61 Å². The Hall–Kier alpha value is -2.40. The van der Waals surface area contributed by atoms with Crippen LogP contribution in [0.2, 0.25) is 5.02 Å². The Labute approximate surface area is 191 Å². The van der Waals surface area contributed by atoms with Gasteiger partial charge in [0.2, 0.25) is 10.0 Å². The van der Waals surface area contributed by atoms with E-state index < -0.39 is 28.5 Å². The number of sulfonamides is 1. The lowest BCUT2D eigenvalue weighted by molar-refractivity contribution is -0.133. The van der Waals surface area contributed by atoms with Crippen molar-refractivity contribution < 1.29 is 31.9 Å². The molecule has 1 saturated heterocycles. The average molecular weight is 485 g/mol. The van der Waals surface area contributed by atoms with Crippen LogP contribution in [0.25, 0.3) is 0 Å². The van der Waals surface area contributed by atoms with Gasteiger partial charge < -0.3 is 18.8 Å². The third-order valence-corrected chi connectivity index (χ3v) is 7.21. The molecular formula is C21H25ClN2O7S. The molecule has 9 nitrogen and oxygen atoms in total. The molecular weight excluding hydrogens is 460 g/mol. The second kappa shape index (κ2) is 10.0. The van der Waals surface area contributed by atoms with Gasteiger partial charge in [-0.05, 0) is 44.2 Å². The van der Waals surface area contributed by atoms with Crippen molar-refractivity contribution in [3.63, 3.8) is 0 Å². The topological polar surface area (TPSA) is 106 Å². The SMILES string of the molecule is CC1CN(S(=O)(=O)c2cc(C(=O)OCC(=O)N(C)Cc3ccco3)ccc2Cl)CC(C)O1. The number of amides is 1. The van der Waals surface area contributed by atoms with Crippen LogP contribution in [0.3, 0.4) is 0 Å². The van der Waals surface area contributed by atoms with E-state index in [1.165, 1.54) is 33.7 Å². The van der Waals surface area contributed by atoms with Crippen molar-refractivity contribution in [2.75, 3.05) is 26.7 Å². The summed E-state index contributed by atoms with van der Waals surface area (Å²) >= 11 is 6.16.